The van der Waals surface area contributed by atoms with Gasteiger partial charge in [0.1, 0.15) is 0 Å². The molecule has 0 unspecified atom stereocenters. The number of allylic oxidation sites excluding steroid dienone is 1. The maximum absolute atomic E-state index is 9.14. The Morgan fingerprint density at radius 1 is 0.882 bits per heavy atom. The molecular formula is C15H11N2+. The van der Waals surface area contributed by atoms with E-state index in [1.807, 2.05) is 42.5 Å². The van der Waals surface area contributed by atoms with Gasteiger partial charge in [-0.15, -0.1) is 0 Å². The van der Waals surface area contributed by atoms with Crippen LogP contribution in [0.2, 0.25) is 0 Å². The summed E-state index contributed by atoms with van der Waals surface area (Å²) in [4.78, 5) is 3.44. The molecule has 80 valence electrons. The number of benzene rings is 2. The number of hydrogen-bond donors (Lipinski definition) is 0. The molecule has 0 heterocycles. The van der Waals surface area contributed by atoms with E-state index in [2.05, 4.69) is 17.1 Å². The quantitative estimate of drug-likeness (QED) is 0.669. The molecule has 0 aromatic heterocycles. The first kappa shape index (κ1) is 9.80. The van der Waals surface area contributed by atoms with Crippen molar-refractivity contribution in [3.8, 4) is 0 Å². The normalized spacial score (nSPS) is 13.4. The molecule has 2 nitrogen and oxygen atoms in total. The monoisotopic (exact) mass is 219 g/mol. The van der Waals surface area contributed by atoms with Gasteiger partial charge >= 0.3 is 5.70 Å². The van der Waals surface area contributed by atoms with Crippen molar-refractivity contribution in [1.82, 2.24) is 0 Å². The summed E-state index contributed by atoms with van der Waals surface area (Å²) in [5.41, 5.74) is 5.29. The summed E-state index contributed by atoms with van der Waals surface area (Å²) in [6, 6.07) is 18.3. The lowest BCUT2D eigenvalue weighted by Crippen LogP contribution is -1.86. The lowest BCUT2D eigenvalue weighted by Gasteiger charge is -2.02. The molecule has 2 aromatic carbocycles. The summed E-state index contributed by atoms with van der Waals surface area (Å²) in [6.45, 7) is 0. The molecular weight excluding hydrogens is 208 g/mol. The summed E-state index contributed by atoms with van der Waals surface area (Å²) < 4.78 is 0. The van der Waals surface area contributed by atoms with E-state index in [1.54, 1.807) is 0 Å². The van der Waals surface area contributed by atoms with Gasteiger partial charge in [-0.3, -0.25) is 0 Å². The van der Waals surface area contributed by atoms with Gasteiger partial charge in [-0.1, -0.05) is 54.6 Å². The van der Waals surface area contributed by atoms with Crippen LogP contribution >= 0.6 is 0 Å². The first-order chi connectivity index (χ1) is 8.40. The second-order valence-corrected chi connectivity index (χ2v) is 4.12. The van der Waals surface area contributed by atoms with Gasteiger partial charge in [0.2, 0.25) is 5.39 Å². The van der Waals surface area contributed by atoms with Crippen molar-refractivity contribution in [3.63, 3.8) is 0 Å². The third kappa shape index (κ3) is 1.53. The molecule has 17 heavy (non-hydrogen) atoms. The summed E-state index contributed by atoms with van der Waals surface area (Å²) >= 11 is 0. The molecule has 0 atom stereocenters. The number of diazo groups is 1. The van der Waals surface area contributed by atoms with Crippen LogP contribution in [-0.2, 0) is 6.42 Å². The van der Waals surface area contributed by atoms with Gasteiger partial charge < -0.3 is 0 Å². The highest BCUT2D eigenvalue weighted by molar-refractivity contribution is 5.88. The zero-order valence-electron chi connectivity index (χ0n) is 9.30. The van der Waals surface area contributed by atoms with E-state index in [9.17, 15) is 0 Å². The number of hydrogen-bond acceptors (Lipinski definition) is 1. The largest absolute Gasteiger partial charge is 0.374 e. The zero-order chi connectivity index (χ0) is 11.7. The third-order valence-electron chi connectivity index (χ3n) is 3.12. The Labute approximate surface area is 99.8 Å². The minimum absolute atomic E-state index is 0.705. The number of nitrogens with zero attached hydrogens (tertiary/aromatic N) is 2. The maximum Gasteiger partial charge on any atom is 0.374 e. The number of fused-ring (bicyclic) bond motifs is 1. The molecule has 1 aliphatic carbocycles. The summed E-state index contributed by atoms with van der Waals surface area (Å²) in [5, 5.41) is 9.14. The molecule has 0 fully saturated rings. The van der Waals surface area contributed by atoms with E-state index in [1.165, 1.54) is 11.1 Å². The standard InChI is InChI=1S/C15H11N2/c16-17-14-10-12-8-4-5-9-13(12)15(14)11-6-2-1-3-7-11/h1-9H,10H2/q+1. The van der Waals surface area contributed by atoms with E-state index < -0.39 is 0 Å². The fourth-order valence-electron chi connectivity index (χ4n) is 2.35. The minimum Gasteiger partial charge on any atom is -0.0622 e. The van der Waals surface area contributed by atoms with Crippen molar-refractivity contribution in [2.24, 2.45) is 0 Å². The lowest BCUT2D eigenvalue weighted by molar-refractivity contribution is 1.21. The predicted molar refractivity (Wildman–Crippen MR) is 67.7 cm³/mol. The highest BCUT2D eigenvalue weighted by Crippen LogP contribution is 2.37. The SMILES string of the molecule is N#[N+]C1=C(c2ccccc2)c2ccccc2C1. The van der Waals surface area contributed by atoms with Gasteiger partial charge in [-0.2, -0.15) is 0 Å². The van der Waals surface area contributed by atoms with E-state index in [-0.39, 0.29) is 0 Å². The van der Waals surface area contributed by atoms with E-state index >= 15 is 0 Å². The average molecular weight is 219 g/mol. The molecule has 0 saturated heterocycles. The summed E-state index contributed by atoms with van der Waals surface area (Å²) in [6.07, 6.45) is 0.705. The van der Waals surface area contributed by atoms with Crippen LogP contribution in [0.15, 0.2) is 60.3 Å². The van der Waals surface area contributed by atoms with Crippen molar-refractivity contribution in [3.05, 3.63) is 82.0 Å². The first-order valence-corrected chi connectivity index (χ1v) is 5.62. The second kappa shape index (κ2) is 3.88. The smallest absolute Gasteiger partial charge is 0.0622 e. The third-order valence-corrected chi connectivity index (χ3v) is 3.12. The predicted octanol–water partition coefficient (Wildman–Crippen LogP) is 3.86. The van der Waals surface area contributed by atoms with Crippen LogP contribution in [0.3, 0.4) is 0 Å². The molecule has 2 heteroatoms. The Bertz CT molecular complexity index is 633. The first-order valence-electron chi connectivity index (χ1n) is 5.62. The van der Waals surface area contributed by atoms with E-state index in [4.69, 9.17) is 5.39 Å². The molecule has 0 saturated carbocycles. The maximum atomic E-state index is 9.14. The van der Waals surface area contributed by atoms with Crippen molar-refractivity contribution in [2.45, 2.75) is 6.42 Å². The molecule has 0 spiro atoms. The molecule has 0 amide bonds. The highest BCUT2D eigenvalue weighted by Gasteiger charge is 2.30. The molecule has 2 aromatic rings. The van der Waals surface area contributed by atoms with Crippen molar-refractivity contribution in [1.29, 1.82) is 5.39 Å². The summed E-state index contributed by atoms with van der Waals surface area (Å²) in [7, 11) is 0. The Balaban J connectivity index is 2.23. The molecule has 3 rings (SSSR count). The summed E-state index contributed by atoms with van der Waals surface area (Å²) in [5.74, 6) is 0. The van der Waals surface area contributed by atoms with Crippen LogP contribution < -0.4 is 0 Å². The lowest BCUT2D eigenvalue weighted by atomic mass is 9.99. The van der Waals surface area contributed by atoms with Crippen molar-refractivity contribution >= 4 is 5.57 Å². The number of rotatable bonds is 1. The van der Waals surface area contributed by atoms with Gasteiger partial charge in [0.15, 0.2) is 4.98 Å². The van der Waals surface area contributed by atoms with Gasteiger partial charge in [0, 0.05) is 0 Å². The van der Waals surface area contributed by atoms with Gasteiger partial charge in [-0.05, 0) is 16.7 Å². The highest BCUT2D eigenvalue weighted by atomic mass is 14.9. The Morgan fingerprint density at radius 2 is 1.59 bits per heavy atom. The Hall–Kier alpha value is -2.40. The zero-order valence-corrected chi connectivity index (χ0v) is 9.30. The van der Waals surface area contributed by atoms with E-state index in [0.717, 1.165) is 16.8 Å². The topological polar surface area (TPSA) is 28.1 Å². The Kier molecular flexibility index (Phi) is 2.23. The molecule has 1 aliphatic rings. The molecule has 0 radical (unpaired) electrons. The Morgan fingerprint density at radius 3 is 2.35 bits per heavy atom. The van der Waals surface area contributed by atoms with Crippen molar-refractivity contribution in [2.75, 3.05) is 0 Å². The van der Waals surface area contributed by atoms with Crippen LogP contribution in [0.1, 0.15) is 16.7 Å². The minimum atomic E-state index is 0.705. The van der Waals surface area contributed by atoms with Crippen LogP contribution in [-0.4, -0.2) is 0 Å². The fourth-order valence-corrected chi connectivity index (χ4v) is 2.35. The van der Waals surface area contributed by atoms with Crippen LogP contribution in [0.5, 0.6) is 0 Å². The molecule has 0 bridgehead atoms. The van der Waals surface area contributed by atoms with Crippen LogP contribution in [0, 0.1) is 5.39 Å². The van der Waals surface area contributed by atoms with Crippen LogP contribution in [0.25, 0.3) is 10.5 Å². The van der Waals surface area contributed by atoms with Gasteiger partial charge in [0.25, 0.3) is 0 Å². The molecule has 0 N–H and O–H groups in total. The van der Waals surface area contributed by atoms with Gasteiger partial charge in [0.05, 0.1) is 12.0 Å². The average Bonchev–Trinajstić information content (AvgIpc) is 2.78. The molecule has 0 aliphatic heterocycles. The van der Waals surface area contributed by atoms with Crippen LogP contribution in [0.4, 0.5) is 0 Å². The second-order valence-electron chi connectivity index (χ2n) is 4.12. The van der Waals surface area contributed by atoms with Gasteiger partial charge in [-0.25, -0.2) is 0 Å². The fraction of sp³-hybridized carbons (Fsp3) is 0.0667. The van der Waals surface area contributed by atoms with Crippen molar-refractivity contribution < 1.29 is 0 Å². The van der Waals surface area contributed by atoms with E-state index in [0.29, 0.717) is 6.42 Å².